The molecule has 4 heteroatoms. The van der Waals surface area contributed by atoms with Crippen LogP contribution < -0.4 is 0 Å². The highest BCUT2D eigenvalue weighted by molar-refractivity contribution is 5.11. The first-order valence-corrected chi connectivity index (χ1v) is 8.44. The van der Waals surface area contributed by atoms with Gasteiger partial charge >= 0.3 is 0 Å². The molecule has 2 aliphatic carbocycles. The molecular weight excluding hydrogens is 262 g/mol. The van der Waals surface area contributed by atoms with E-state index in [0.29, 0.717) is 0 Å². The van der Waals surface area contributed by atoms with Crippen molar-refractivity contribution >= 4 is 0 Å². The van der Waals surface area contributed by atoms with Crippen LogP contribution in [0.4, 0.5) is 0 Å². The van der Waals surface area contributed by atoms with Crippen molar-refractivity contribution in [3.05, 3.63) is 23.9 Å². The van der Waals surface area contributed by atoms with Gasteiger partial charge in [-0.25, -0.2) is 0 Å². The molecule has 3 atom stereocenters. The van der Waals surface area contributed by atoms with Gasteiger partial charge in [0.2, 0.25) is 5.89 Å². The van der Waals surface area contributed by atoms with Gasteiger partial charge in [-0.15, -0.1) is 0 Å². The van der Waals surface area contributed by atoms with E-state index >= 15 is 0 Å². The molecule has 0 aromatic carbocycles. The summed E-state index contributed by atoms with van der Waals surface area (Å²) >= 11 is 0. The third kappa shape index (κ3) is 2.91. The summed E-state index contributed by atoms with van der Waals surface area (Å²) in [5.41, 5.74) is 0. The fraction of sp³-hybridized carbons (Fsp3) is 0.765. The van der Waals surface area contributed by atoms with E-state index in [2.05, 4.69) is 34.2 Å². The smallest absolute Gasteiger partial charge is 0.226 e. The van der Waals surface area contributed by atoms with Gasteiger partial charge < -0.3 is 9.42 Å². The average Bonchev–Trinajstić information content (AvgIpc) is 3.19. The van der Waals surface area contributed by atoms with Crippen LogP contribution in [0.5, 0.6) is 0 Å². The number of hydrogen-bond donors (Lipinski definition) is 0. The van der Waals surface area contributed by atoms with Crippen LogP contribution in [0.2, 0.25) is 0 Å². The Balaban J connectivity index is 1.32. The van der Waals surface area contributed by atoms with E-state index in [4.69, 9.17) is 4.52 Å². The molecule has 2 bridgehead atoms. The Hall–Kier alpha value is -1.16. The topological polar surface area (TPSA) is 42.2 Å². The molecule has 4 rings (SSSR count). The van der Waals surface area contributed by atoms with Crippen molar-refractivity contribution in [2.75, 3.05) is 20.1 Å². The maximum atomic E-state index is 5.50. The fourth-order valence-corrected chi connectivity index (χ4v) is 4.33. The van der Waals surface area contributed by atoms with Crippen LogP contribution in [-0.4, -0.2) is 35.2 Å². The lowest BCUT2D eigenvalue weighted by atomic mass is 9.90. The molecule has 0 unspecified atom stereocenters. The van der Waals surface area contributed by atoms with Gasteiger partial charge in [-0.2, -0.15) is 4.98 Å². The molecule has 1 aromatic heterocycles. The Labute approximate surface area is 126 Å². The number of nitrogens with zero attached hydrogens (tertiary/aromatic N) is 3. The third-order valence-corrected chi connectivity index (χ3v) is 5.67. The molecule has 1 saturated carbocycles. The third-order valence-electron chi connectivity index (χ3n) is 5.67. The number of allylic oxidation sites excluding steroid dienone is 2. The van der Waals surface area contributed by atoms with Crippen molar-refractivity contribution in [3.8, 4) is 0 Å². The van der Waals surface area contributed by atoms with Crippen molar-refractivity contribution in [1.82, 2.24) is 15.0 Å². The van der Waals surface area contributed by atoms with Gasteiger partial charge in [0.1, 0.15) is 0 Å². The maximum absolute atomic E-state index is 5.50. The number of rotatable bonds is 4. The molecule has 0 spiro atoms. The number of fused-ring (bicyclic) bond motifs is 2. The van der Waals surface area contributed by atoms with Gasteiger partial charge in [0, 0.05) is 12.8 Å². The lowest BCUT2D eigenvalue weighted by molar-refractivity contribution is 0.216. The fourth-order valence-electron chi connectivity index (χ4n) is 4.33. The predicted molar refractivity (Wildman–Crippen MR) is 80.8 cm³/mol. The van der Waals surface area contributed by atoms with E-state index in [1.165, 1.54) is 38.8 Å². The van der Waals surface area contributed by atoms with E-state index < -0.39 is 0 Å². The molecule has 114 valence electrons. The highest BCUT2D eigenvalue weighted by Gasteiger charge is 2.36. The molecule has 21 heavy (non-hydrogen) atoms. The SMILES string of the molecule is CN1CCC(Cc2noc(C[C@@H]3C[C@@H]4C=C[C@H]3C4)n2)CC1. The summed E-state index contributed by atoms with van der Waals surface area (Å²) < 4.78 is 5.50. The van der Waals surface area contributed by atoms with Crippen molar-refractivity contribution in [2.45, 2.75) is 38.5 Å². The Morgan fingerprint density at radius 2 is 2.05 bits per heavy atom. The van der Waals surface area contributed by atoms with Crippen molar-refractivity contribution in [2.24, 2.45) is 23.7 Å². The largest absolute Gasteiger partial charge is 0.339 e. The normalized spacial score (nSPS) is 33.1. The first-order valence-electron chi connectivity index (χ1n) is 8.44. The van der Waals surface area contributed by atoms with Crippen LogP contribution in [0.15, 0.2) is 16.7 Å². The van der Waals surface area contributed by atoms with Gasteiger partial charge in [-0.05, 0) is 69.5 Å². The second kappa shape index (κ2) is 5.56. The quantitative estimate of drug-likeness (QED) is 0.799. The van der Waals surface area contributed by atoms with Gasteiger partial charge in [0.15, 0.2) is 5.82 Å². The minimum Gasteiger partial charge on any atom is -0.339 e. The molecule has 0 amide bonds. The molecule has 0 N–H and O–H groups in total. The molecule has 2 heterocycles. The Morgan fingerprint density at radius 1 is 1.19 bits per heavy atom. The lowest BCUT2D eigenvalue weighted by Crippen LogP contribution is -2.31. The summed E-state index contributed by atoms with van der Waals surface area (Å²) in [6.07, 6.45) is 11.9. The summed E-state index contributed by atoms with van der Waals surface area (Å²) in [6, 6.07) is 0. The second-order valence-electron chi connectivity index (χ2n) is 7.30. The van der Waals surface area contributed by atoms with E-state index in [9.17, 15) is 0 Å². The summed E-state index contributed by atoms with van der Waals surface area (Å²) in [7, 11) is 2.20. The minimum atomic E-state index is 0.733. The lowest BCUT2D eigenvalue weighted by Gasteiger charge is -2.28. The summed E-state index contributed by atoms with van der Waals surface area (Å²) in [6.45, 7) is 2.40. The second-order valence-corrected chi connectivity index (χ2v) is 7.30. The highest BCUT2D eigenvalue weighted by atomic mass is 16.5. The van der Waals surface area contributed by atoms with E-state index in [-0.39, 0.29) is 0 Å². The van der Waals surface area contributed by atoms with Gasteiger partial charge in [0.05, 0.1) is 0 Å². The first-order chi connectivity index (χ1) is 10.3. The molecule has 1 aromatic rings. The van der Waals surface area contributed by atoms with Crippen LogP contribution in [0.3, 0.4) is 0 Å². The summed E-state index contributed by atoms with van der Waals surface area (Å²) in [5, 5.41) is 4.22. The van der Waals surface area contributed by atoms with Crippen molar-refractivity contribution in [1.29, 1.82) is 0 Å². The van der Waals surface area contributed by atoms with E-state index in [1.807, 2.05) is 0 Å². The highest BCUT2D eigenvalue weighted by Crippen LogP contribution is 2.44. The van der Waals surface area contributed by atoms with Crippen LogP contribution in [0.25, 0.3) is 0 Å². The van der Waals surface area contributed by atoms with Gasteiger partial charge in [-0.3, -0.25) is 0 Å². The molecule has 3 aliphatic rings. The number of hydrogen-bond acceptors (Lipinski definition) is 4. The zero-order valence-corrected chi connectivity index (χ0v) is 12.9. The zero-order valence-electron chi connectivity index (χ0n) is 12.9. The number of piperidine rings is 1. The molecular formula is C17H25N3O. The molecule has 1 saturated heterocycles. The maximum Gasteiger partial charge on any atom is 0.226 e. The standard InChI is InChI=1S/C17H25N3O/c1-20-6-4-12(5-7-20)10-16-18-17(21-19-16)11-15-9-13-2-3-14(15)8-13/h2-3,12-15H,4-11H2,1H3/t13-,14+,15+/m1/s1. The van der Waals surface area contributed by atoms with Crippen LogP contribution in [0, 0.1) is 23.7 Å². The zero-order chi connectivity index (χ0) is 14.2. The Bertz CT molecular complexity index is 516. The van der Waals surface area contributed by atoms with E-state index in [0.717, 1.165) is 48.2 Å². The van der Waals surface area contributed by atoms with Crippen LogP contribution >= 0.6 is 0 Å². The number of aromatic nitrogens is 2. The summed E-state index contributed by atoms with van der Waals surface area (Å²) in [4.78, 5) is 7.06. The number of likely N-dealkylation sites (tertiary alicyclic amines) is 1. The Kier molecular flexibility index (Phi) is 3.57. The van der Waals surface area contributed by atoms with E-state index in [1.54, 1.807) is 0 Å². The Morgan fingerprint density at radius 3 is 2.76 bits per heavy atom. The summed E-state index contributed by atoms with van der Waals surface area (Å²) in [5.74, 6) is 4.84. The van der Waals surface area contributed by atoms with Gasteiger partial charge in [0.25, 0.3) is 0 Å². The molecule has 0 radical (unpaired) electrons. The van der Waals surface area contributed by atoms with Crippen LogP contribution in [-0.2, 0) is 12.8 Å². The monoisotopic (exact) mass is 287 g/mol. The molecule has 4 nitrogen and oxygen atoms in total. The minimum absolute atomic E-state index is 0.733. The average molecular weight is 287 g/mol. The predicted octanol–water partition coefficient (Wildman–Crippen LogP) is 2.71. The molecule has 2 fully saturated rings. The van der Waals surface area contributed by atoms with Crippen LogP contribution in [0.1, 0.15) is 37.4 Å². The molecule has 1 aliphatic heterocycles. The van der Waals surface area contributed by atoms with Crippen molar-refractivity contribution < 1.29 is 4.52 Å². The first kappa shape index (κ1) is 13.5. The van der Waals surface area contributed by atoms with Crippen molar-refractivity contribution in [3.63, 3.8) is 0 Å². The van der Waals surface area contributed by atoms with Gasteiger partial charge in [-0.1, -0.05) is 17.3 Å².